The van der Waals surface area contributed by atoms with Crippen LogP contribution in [0.2, 0.25) is 0 Å². The molecular weight excluding hydrogens is 268 g/mol. The standard InChI is InChI=1S/C16H22N2O3/c1-4-5-8-18-14-7-6-12(21-11(2)3)9-13(14)17-15(18)10-16(19)20/h6-7,9,11H,4-5,8,10H2,1-3H3,(H,19,20). The quantitative estimate of drug-likeness (QED) is 0.850. The normalized spacial score (nSPS) is 11.2. The van der Waals surface area contributed by atoms with Crippen LogP contribution in [0.4, 0.5) is 0 Å². The molecule has 0 atom stereocenters. The van der Waals surface area contributed by atoms with E-state index >= 15 is 0 Å². The summed E-state index contributed by atoms with van der Waals surface area (Å²) in [6.45, 7) is 6.85. The van der Waals surface area contributed by atoms with Gasteiger partial charge < -0.3 is 14.4 Å². The monoisotopic (exact) mass is 290 g/mol. The number of unbranched alkanes of at least 4 members (excludes halogenated alkanes) is 1. The van der Waals surface area contributed by atoms with Gasteiger partial charge in [-0.05, 0) is 32.4 Å². The molecule has 0 amide bonds. The zero-order valence-corrected chi connectivity index (χ0v) is 12.8. The first kappa shape index (κ1) is 15.4. The fraction of sp³-hybridized carbons (Fsp3) is 0.500. The molecule has 2 rings (SSSR count). The fourth-order valence-electron chi connectivity index (χ4n) is 2.34. The van der Waals surface area contributed by atoms with Gasteiger partial charge in [-0.25, -0.2) is 4.98 Å². The van der Waals surface area contributed by atoms with E-state index in [1.807, 2.05) is 36.6 Å². The van der Waals surface area contributed by atoms with Gasteiger partial charge in [0.05, 0.1) is 17.1 Å². The van der Waals surface area contributed by atoms with Crippen LogP contribution in [0.15, 0.2) is 18.2 Å². The highest BCUT2D eigenvalue weighted by Gasteiger charge is 2.14. The Labute approximate surface area is 124 Å². The van der Waals surface area contributed by atoms with Gasteiger partial charge in [-0.3, -0.25) is 4.79 Å². The largest absolute Gasteiger partial charge is 0.491 e. The topological polar surface area (TPSA) is 64.4 Å². The highest BCUT2D eigenvalue weighted by molar-refractivity contribution is 5.79. The average Bonchev–Trinajstić information content (AvgIpc) is 2.71. The Kier molecular flexibility index (Phi) is 4.83. The highest BCUT2D eigenvalue weighted by atomic mass is 16.5. The number of hydrogen-bond acceptors (Lipinski definition) is 3. The minimum absolute atomic E-state index is 0.0568. The van der Waals surface area contributed by atoms with E-state index in [4.69, 9.17) is 9.84 Å². The van der Waals surface area contributed by atoms with Crippen LogP contribution in [0.3, 0.4) is 0 Å². The number of carboxylic acids is 1. The molecule has 0 radical (unpaired) electrons. The van der Waals surface area contributed by atoms with Crippen molar-refractivity contribution in [2.75, 3.05) is 0 Å². The summed E-state index contributed by atoms with van der Waals surface area (Å²) in [7, 11) is 0. The van der Waals surface area contributed by atoms with E-state index < -0.39 is 5.97 Å². The summed E-state index contributed by atoms with van der Waals surface area (Å²) in [5.41, 5.74) is 1.76. The van der Waals surface area contributed by atoms with Crippen LogP contribution in [-0.4, -0.2) is 26.7 Å². The molecule has 0 aliphatic heterocycles. The molecule has 0 aliphatic carbocycles. The molecule has 0 spiro atoms. The number of aromatic nitrogens is 2. The second-order valence-electron chi connectivity index (χ2n) is 5.42. The maximum atomic E-state index is 11.0. The van der Waals surface area contributed by atoms with Crippen molar-refractivity contribution in [1.82, 2.24) is 9.55 Å². The Morgan fingerprint density at radius 1 is 1.43 bits per heavy atom. The molecule has 1 N–H and O–H groups in total. The number of ether oxygens (including phenoxy) is 1. The van der Waals surface area contributed by atoms with Gasteiger partial charge in [0, 0.05) is 12.6 Å². The van der Waals surface area contributed by atoms with Crippen LogP contribution >= 0.6 is 0 Å². The second kappa shape index (κ2) is 6.61. The van der Waals surface area contributed by atoms with Crippen molar-refractivity contribution in [3.05, 3.63) is 24.0 Å². The van der Waals surface area contributed by atoms with Crippen LogP contribution in [0.1, 0.15) is 39.4 Å². The van der Waals surface area contributed by atoms with Crippen molar-refractivity contribution >= 4 is 17.0 Å². The lowest BCUT2D eigenvalue weighted by molar-refractivity contribution is -0.136. The van der Waals surface area contributed by atoms with Gasteiger partial charge in [0.25, 0.3) is 0 Å². The number of hydrogen-bond donors (Lipinski definition) is 1. The minimum atomic E-state index is -0.860. The second-order valence-corrected chi connectivity index (χ2v) is 5.42. The van der Waals surface area contributed by atoms with Crippen molar-refractivity contribution in [2.45, 2.75) is 52.7 Å². The van der Waals surface area contributed by atoms with E-state index in [-0.39, 0.29) is 12.5 Å². The Morgan fingerprint density at radius 2 is 2.19 bits per heavy atom. The molecule has 0 fully saturated rings. The third-order valence-corrected chi connectivity index (χ3v) is 3.22. The molecule has 2 aromatic rings. The van der Waals surface area contributed by atoms with Gasteiger partial charge in [-0.2, -0.15) is 0 Å². The highest BCUT2D eigenvalue weighted by Crippen LogP contribution is 2.23. The predicted molar refractivity (Wildman–Crippen MR) is 81.7 cm³/mol. The smallest absolute Gasteiger partial charge is 0.311 e. The summed E-state index contributed by atoms with van der Waals surface area (Å²) in [4.78, 5) is 15.5. The molecule has 114 valence electrons. The van der Waals surface area contributed by atoms with Gasteiger partial charge in [0.15, 0.2) is 0 Å². The number of imidazole rings is 1. The zero-order valence-electron chi connectivity index (χ0n) is 12.8. The summed E-state index contributed by atoms with van der Waals surface area (Å²) in [5, 5.41) is 9.04. The van der Waals surface area contributed by atoms with Crippen molar-refractivity contribution in [1.29, 1.82) is 0 Å². The molecule has 5 nitrogen and oxygen atoms in total. The summed E-state index contributed by atoms with van der Waals surface area (Å²) in [6.07, 6.45) is 2.10. The van der Waals surface area contributed by atoms with Crippen LogP contribution in [-0.2, 0) is 17.8 Å². The van der Waals surface area contributed by atoms with Gasteiger partial charge in [-0.15, -0.1) is 0 Å². The third-order valence-electron chi connectivity index (χ3n) is 3.22. The number of carboxylic acid groups (broad SMARTS) is 1. The maximum absolute atomic E-state index is 11.0. The molecule has 21 heavy (non-hydrogen) atoms. The first-order valence-electron chi connectivity index (χ1n) is 7.39. The van der Waals surface area contributed by atoms with Gasteiger partial charge in [0.1, 0.15) is 18.0 Å². The lowest BCUT2D eigenvalue weighted by Crippen LogP contribution is -2.09. The predicted octanol–water partition coefficient (Wildman–Crippen LogP) is 3.25. The van der Waals surface area contributed by atoms with Gasteiger partial charge in [-0.1, -0.05) is 13.3 Å². The van der Waals surface area contributed by atoms with Crippen molar-refractivity contribution in [2.24, 2.45) is 0 Å². The SMILES string of the molecule is CCCCn1c(CC(=O)O)nc2cc(OC(C)C)ccc21. The molecule has 1 aromatic heterocycles. The van der Waals surface area contributed by atoms with Crippen LogP contribution < -0.4 is 4.74 Å². The Balaban J connectivity index is 2.42. The molecular formula is C16H22N2O3. The Hall–Kier alpha value is -2.04. The van der Waals surface area contributed by atoms with E-state index in [0.717, 1.165) is 36.2 Å². The lowest BCUT2D eigenvalue weighted by atomic mass is 10.2. The molecule has 0 saturated carbocycles. The van der Waals surface area contributed by atoms with Crippen molar-refractivity contribution < 1.29 is 14.6 Å². The zero-order chi connectivity index (χ0) is 15.4. The summed E-state index contributed by atoms with van der Waals surface area (Å²) in [6, 6.07) is 5.75. The number of aliphatic carboxylic acids is 1. The molecule has 1 heterocycles. The number of rotatable bonds is 7. The number of nitrogens with zero attached hydrogens (tertiary/aromatic N) is 2. The number of fused-ring (bicyclic) bond motifs is 1. The molecule has 1 aromatic carbocycles. The van der Waals surface area contributed by atoms with Gasteiger partial charge in [0.2, 0.25) is 0 Å². The maximum Gasteiger partial charge on any atom is 0.311 e. The summed E-state index contributed by atoms with van der Waals surface area (Å²) < 4.78 is 7.67. The van der Waals surface area contributed by atoms with E-state index in [1.165, 1.54) is 0 Å². The van der Waals surface area contributed by atoms with E-state index in [2.05, 4.69) is 11.9 Å². The summed E-state index contributed by atoms with van der Waals surface area (Å²) >= 11 is 0. The van der Waals surface area contributed by atoms with Crippen LogP contribution in [0, 0.1) is 0 Å². The van der Waals surface area contributed by atoms with Crippen molar-refractivity contribution in [3.8, 4) is 5.75 Å². The number of carbonyl (C=O) groups is 1. The number of benzene rings is 1. The Morgan fingerprint density at radius 3 is 2.81 bits per heavy atom. The van der Waals surface area contributed by atoms with Gasteiger partial charge >= 0.3 is 5.97 Å². The Bertz CT molecular complexity index is 632. The molecule has 5 heteroatoms. The summed E-state index contributed by atoms with van der Waals surface area (Å²) in [5.74, 6) is 0.508. The van der Waals surface area contributed by atoms with E-state index in [1.54, 1.807) is 0 Å². The lowest BCUT2D eigenvalue weighted by Gasteiger charge is -2.10. The first-order valence-corrected chi connectivity index (χ1v) is 7.39. The molecule has 0 saturated heterocycles. The molecule has 0 bridgehead atoms. The van der Waals surface area contributed by atoms with Crippen LogP contribution in [0.5, 0.6) is 5.75 Å². The van der Waals surface area contributed by atoms with E-state index in [0.29, 0.717) is 5.82 Å². The third kappa shape index (κ3) is 3.74. The van der Waals surface area contributed by atoms with Crippen LogP contribution in [0.25, 0.3) is 11.0 Å². The first-order chi connectivity index (χ1) is 10.0. The molecule has 0 aliphatic rings. The van der Waals surface area contributed by atoms with Crippen molar-refractivity contribution in [3.63, 3.8) is 0 Å². The molecule has 0 unspecified atom stereocenters. The number of aryl methyl sites for hydroxylation is 1. The fourth-order valence-corrected chi connectivity index (χ4v) is 2.34. The minimum Gasteiger partial charge on any atom is -0.491 e. The van der Waals surface area contributed by atoms with E-state index in [9.17, 15) is 4.79 Å². The average molecular weight is 290 g/mol.